The summed E-state index contributed by atoms with van der Waals surface area (Å²) in [6.07, 6.45) is 4.93. The number of piperidine rings is 1. The maximum Gasteiger partial charge on any atom is 0.263 e. The molecule has 0 aromatic carbocycles. The van der Waals surface area contributed by atoms with Crippen molar-refractivity contribution in [3.05, 3.63) is 33.7 Å². The monoisotopic (exact) mass is 485 g/mol. The summed E-state index contributed by atoms with van der Waals surface area (Å²) in [5, 5.41) is 8.66. The molecule has 2 aromatic heterocycles. The van der Waals surface area contributed by atoms with Crippen LogP contribution in [0, 0.1) is 12.3 Å². The van der Waals surface area contributed by atoms with Gasteiger partial charge in [-0.3, -0.25) is 14.5 Å². The summed E-state index contributed by atoms with van der Waals surface area (Å²) >= 11 is 1.57. The largest absolute Gasteiger partial charge is 0.423 e. The molecule has 1 spiro atoms. The number of likely N-dealkylation sites (tertiary alicyclic amines) is 3. The molecule has 3 aliphatic rings. The molecule has 184 valence electrons. The summed E-state index contributed by atoms with van der Waals surface area (Å²) < 4.78 is 6.07. The van der Waals surface area contributed by atoms with Crippen LogP contribution in [-0.2, 0) is 4.79 Å². The molecule has 3 aliphatic heterocycles. The Hall–Kier alpha value is -2.26. The second kappa shape index (κ2) is 9.41. The third kappa shape index (κ3) is 4.64. The van der Waals surface area contributed by atoms with E-state index < -0.39 is 0 Å². The lowest BCUT2D eigenvalue weighted by Gasteiger charge is -2.39. The molecule has 0 aliphatic carbocycles. The minimum absolute atomic E-state index is 0.0475. The molecular weight excluding hydrogens is 450 g/mol. The Morgan fingerprint density at radius 3 is 2.47 bits per heavy atom. The van der Waals surface area contributed by atoms with Crippen LogP contribution in [0.15, 0.2) is 16.5 Å². The molecule has 2 aromatic rings. The van der Waals surface area contributed by atoms with E-state index in [1.165, 1.54) is 0 Å². The van der Waals surface area contributed by atoms with Gasteiger partial charge in [0.25, 0.3) is 5.91 Å². The van der Waals surface area contributed by atoms with E-state index in [2.05, 4.69) is 15.1 Å². The number of thiophene rings is 1. The Morgan fingerprint density at radius 1 is 1.12 bits per heavy atom. The lowest BCUT2D eigenvalue weighted by atomic mass is 9.76. The van der Waals surface area contributed by atoms with Crippen LogP contribution < -0.4 is 0 Å². The summed E-state index contributed by atoms with van der Waals surface area (Å²) in [5.74, 6) is 1.79. The van der Waals surface area contributed by atoms with Gasteiger partial charge in [-0.25, -0.2) is 0 Å². The first-order chi connectivity index (χ1) is 16.3. The van der Waals surface area contributed by atoms with E-state index in [0.29, 0.717) is 18.3 Å². The van der Waals surface area contributed by atoms with Crippen LogP contribution in [-0.4, -0.2) is 76.0 Å². The number of hydrogen-bond donors (Lipinski definition) is 0. The Morgan fingerprint density at radius 2 is 1.85 bits per heavy atom. The van der Waals surface area contributed by atoms with E-state index in [1.54, 1.807) is 11.3 Å². The molecule has 8 nitrogen and oxygen atoms in total. The molecule has 9 heteroatoms. The lowest BCUT2D eigenvalue weighted by Crippen LogP contribution is -2.45. The Kier molecular flexibility index (Phi) is 6.50. The van der Waals surface area contributed by atoms with Gasteiger partial charge < -0.3 is 14.2 Å². The number of carbonyl (C=O) groups excluding carboxylic acids is 2. The highest BCUT2D eigenvalue weighted by Gasteiger charge is 2.49. The second-order valence-corrected chi connectivity index (χ2v) is 11.8. The van der Waals surface area contributed by atoms with Crippen molar-refractivity contribution in [3.63, 3.8) is 0 Å². The molecule has 1 unspecified atom stereocenters. The number of amides is 2. The van der Waals surface area contributed by atoms with Gasteiger partial charge in [0, 0.05) is 43.5 Å². The summed E-state index contributed by atoms with van der Waals surface area (Å²) in [6, 6.07) is 3.90. The minimum Gasteiger partial charge on any atom is -0.423 e. The fourth-order valence-electron chi connectivity index (χ4n) is 5.66. The normalized spacial score (nSPS) is 22.9. The van der Waals surface area contributed by atoms with Crippen molar-refractivity contribution in [1.29, 1.82) is 0 Å². The highest BCUT2D eigenvalue weighted by atomic mass is 32.1. The standard InChI is InChI=1S/C25H35N5O3S/c1-17(2)22-26-27-23(33-22)19-14-25(16-30(19)15-21(31)28-10-4-5-11-28)8-12-29(13-9-25)24(32)20-7-6-18(3)34-20/h6-7,17,19H,4-5,8-16H2,1-3H3. The number of aromatic nitrogens is 2. The molecule has 34 heavy (non-hydrogen) atoms. The van der Waals surface area contributed by atoms with Gasteiger partial charge in [0.05, 0.1) is 17.5 Å². The molecular formula is C25H35N5O3S. The first-order valence-electron chi connectivity index (χ1n) is 12.5. The van der Waals surface area contributed by atoms with Crippen molar-refractivity contribution >= 4 is 23.2 Å². The van der Waals surface area contributed by atoms with E-state index in [4.69, 9.17) is 4.42 Å². The predicted molar refractivity (Wildman–Crippen MR) is 130 cm³/mol. The van der Waals surface area contributed by atoms with Crippen molar-refractivity contribution in [2.75, 3.05) is 39.3 Å². The van der Waals surface area contributed by atoms with Crippen LogP contribution >= 0.6 is 11.3 Å². The molecule has 0 N–H and O–H groups in total. The average Bonchev–Trinajstić information content (AvgIpc) is 3.61. The van der Waals surface area contributed by atoms with Crippen LogP contribution in [0.5, 0.6) is 0 Å². The molecule has 2 amide bonds. The predicted octanol–water partition coefficient (Wildman–Crippen LogP) is 3.85. The maximum atomic E-state index is 13.0. The topological polar surface area (TPSA) is 82.8 Å². The fourth-order valence-corrected chi connectivity index (χ4v) is 6.50. The van der Waals surface area contributed by atoms with Gasteiger partial charge >= 0.3 is 0 Å². The SMILES string of the molecule is Cc1ccc(C(=O)N2CCC3(CC2)CC(c2nnc(C(C)C)o2)N(CC(=O)N2CCCC2)C3)s1. The van der Waals surface area contributed by atoms with Crippen LogP contribution in [0.25, 0.3) is 0 Å². The van der Waals surface area contributed by atoms with Crippen molar-refractivity contribution in [3.8, 4) is 0 Å². The van der Waals surface area contributed by atoms with Gasteiger partial charge in [0.1, 0.15) is 0 Å². The smallest absolute Gasteiger partial charge is 0.263 e. The molecule has 0 radical (unpaired) electrons. The summed E-state index contributed by atoms with van der Waals surface area (Å²) in [6.45, 7) is 10.6. The van der Waals surface area contributed by atoms with Gasteiger partial charge in [-0.15, -0.1) is 21.5 Å². The molecule has 5 rings (SSSR count). The molecule has 3 saturated heterocycles. The average molecular weight is 486 g/mol. The zero-order valence-corrected chi connectivity index (χ0v) is 21.3. The number of rotatable bonds is 5. The Balaban J connectivity index is 1.31. The highest BCUT2D eigenvalue weighted by molar-refractivity contribution is 7.13. The molecule has 0 saturated carbocycles. The molecule has 1 atom stereocenters. The third-order valence-electron chi connectivity index (χ3n) is 7.70. The summed E-state index contributed by atoms with van der Waals surface area (Å²) in [7, 11) is 0. The van der Waals surface area contributed by atoms with Gasteiger partial charge in [-0.05, 0) is 56.6 Å². The molecule has 0 bridgehead atoms. The van der Waals surface area contributed by atoms with Gasteiger partial charge in [0.15, 0.2) is 0 Å². The zero-order chi connectivity index (χ0) is 23.9. The van der Waals surface area contributed by atoms with Crippen LogP contribution in [0.1, 0.15) is 84.2 Å². The van der Waals surface area contributed by atoms with Crippen molar-refractivity contribution in [1.82, 2.24) is 24.9 Å². The maximum absolute atomic E-state index is 13.0. The van der Waals surface area contributed by atoms with E-state index in [9.17, 15) is 9.59 Å². The Labute approximate surface area is 205 Å². The third-order valence-corrected chi connectivity index (χ3v) is 8.69. The molecule has 3 fully saturated rings. The minimum atomic E-state index is -0.0475. The highest BCUT2D eigenvalue weighted by Crippen LogP contribution is 2.49. The van der Waals surface area contributed by atoms with Gasteiger partial charge in [0.2, 0.25) is 17.7 Å². The number of carbonyl (C=O) groups is 2. The summed E-state index contributed by atoms with van der Waals surface area (Å²) in [4.78, 5) is 34.2. The van der Waals surface area contributed by atoms with Gasteiger partial charge in [-0.1, -0.05) is 13.8 Å². The van der Waals surface area contributed by atoms with Crippen molar-refractivity contribution in [2.45, 2.75) is 64.8 Å². The number of nitrogens with zero attached hydrogens (tertiary/aromatic N) is 5. The quantitative estimate of drug-likeness (QED) is 0.640. The van der Waals surface area contributed by atoms with Crippen molar-refractivity contribution in [2.24, 2.45) is 5.41 Å². The van der Waals surface area contributed by atoms with E-state index in [0.717, 1.165) is 74.6 Å². The number of aryl methyl sites for hydroxylation is 1. The van der Waals surface area contributed by atoms with Gasteiger partial charge in [-0.2, -0.15) is 0 Å². The second-order valence-electron chi connectivity index (χ2n) is 10.5. The first-order valence-corrected chi connectivity index (χ1v) is 13.4. The van der Waals surface area contributed by atoms with Crippen LogP contribution in [0.3, 0.4) is 0 Å². The first kappa shape index (κ1) is 23.5. The lowest BCUT2D eigenvalue weighted by molar-refractivity contribution is -0.131. The van der Waals surface area contributed by atoms with E-state index >= 15 is 0 Å². The van der Waals surface area contributed by atoms with Crippen LogP contribution in [0.2, 0.25) is 0 Å². The zero-order valence-electron chi connectivity index (χ0n) is 20.5. The van der Waals surface area contributed by atoms with E-state index in [1.807, 2.05) is 42.7 Å². The molecule has 5 heterocycles. The van der Waals surface area contributed by atoms with Crippen LogP contribution in [0.4, 0.5) is 0 Å². The van der Waals surface area contributed by atoms with E-state index in [-0.39, 0.29) is 29.2 Å². The number of hydrogen-bond acceptors (Lipinski definition) is 7. The van der Waals surface area contributed by atoms with Crippen molar-refractivity contribution < 1.29 is 14.0 Å². The summed E-state index contributed by atoms with van der Waals surface area (Å²) in [5.41, 5.74) is 0.0601. The fraction of sp³-hybridized carbons (Fsp3) is 0.680. The Bertz CT molecular complexity index is 1030.